The Morgan fingerprint density at radius 1 is 1.43 bits per heavy atom. The summed E-state index contributed by atoms with van der Waals surface area (Å²) in [5, 5.41) is 0. The summed E-state index contributed by atoms with van der Waals surface area (Å²) < 4.78 is 39.8. The van der Waals surface area contributed by atoms with Crippen molar-refractivity contribution in [1.29, 1.82) is 0 Å². The van der Waals surface area contributed by atoms with E-state index in [2.05, 4.69) is 4.74 Å². The molecule has 1 nitrogen and oxygen atoms in total. The predicted molar refractivity (Wildman–Crippen MR) is 47.3 cm³/mol. The molecule has 4 heteroatoms. The fourth-order valence-corrected chi connectivity index (χ4v) is 1.57. The van der Waals surface area contributed by atoms with Gasteiger partial charge in [0.2, 0.25) is 0 Å². The highest BCUT2D eigenvalue weighted by Gasteiger charge is 2.35. The van der Waals surface area contributed by atoms with E-state index in [1.807, 2.05) is 13.0 Å². The molecule has 0 aromatic rings. The van der Waals surface area contributed by atoms with Gasteiger partial charge in [-0.1, -0.05) is 26.0 Å². The molecule has 0 saturated carbocycles. The minimum atomic E-state index is -4.58. The van der Waals surface area contributed by atoms with E-state index < -0.39 is 6.36 Å². The average Bonchev–Trinajstić information content (AvgIpc) is 2.06. The molecule has 1 rings (SSSR count). The molecule has 0 saturated heterocycles. The summed E-state index contributed by atoms with van der Waals surface area (Å²) in [5.74, 6) is -0.0594. The van der Waals surface area contributed by atoms with Gasteiger partial charge in [-0.05, 0) is 18.4 Å². The third-order valence-electron chi connectivity index (χ3n) is 2.41. The molecule has 0 spiro atoms. The lowest BCUT2D eigenvalue weighted by atomic mass is 9.86. The third-order valence-corrected chi connectivity index (χ3v) is 2.41. The van der Waals surface area contributed by atoms with Crippen LogP contribution in [0.3, 0.4) is 0 Å². The number of ether oxygens (including phenoxy) is 1. The number of allylic oxidation sites excluding steroid dienone is 4. The zero-order chi connectivity index (χ0) is 10.8. The van der Waals surface area contributed by atoms with Crippen LogP contribution in [0.1, 0.15) is 20.3 Å². The summed E-state index contributed by atoms with van der Waals surface area (Å²) >= 11 is 0. The average molecular weight is 206 g/mol. The van der Waals surface area contributed by atoms with Crippen LogP contribution in [0.4, 0.5) is 13.2 Å². The smallest absolute Gasteiger partial charge is 0.410 e. The summed E-state index contributed by atoms with van der Waals surface area (Å²) in [7, 11) is 0. The number of hydrogen-bond acceptors (Lipinski definition) is 1. The minimum Gasteiger partial charge on any atom is -0.410 e. The maximum absolute atomic E-state index is 12.0. The molecule has 1 aliphatic carbocycles. The molecule has 0 N–H and O–H groups in total. The maximum atomic E-state index is 12.0. The normalized spacial score (nSPS) is 27.4. The molecule has 2 unspecified atom stereocenters. The molecule has 1 aliphatic rings. The van der Waals surface area contributed by atoms with Crippen LogP contribution in [0.25, 0.3) is 0 Å². The second kappa shape index (κ2) is 4.07. The third kappa shape index (κ3) is 2.79. The van der Waals surface area contributed by atoms with Crippen LogP contribution < -0.4 is 0 Å². The molecule has 14 heavy (non-hydrogen) atoms. The van der Waals surface area contributed by atoms with Gasteiger partial charge in [-0.3, -0.25) is 0 Å². The molecule has 0 heterocycles. The molecule has 0 bridgehead atoms. The van der Waals surface area contributed by atoms with Crippen LogP contribution in [-0.2, 0) is 4.74 Å². The SMILES string of the molecule is CCC1C=CC=C(OC(F)(F)F)C1C. The predicted octanol–water partition coefficient (Wildman–Crippen LogP) is 3.64. The van der Waals surface area contributed by atoms with Crippen LogP contribution >= 0.6 is 0 Å². The van der Waals surface area contributed by atoms with Gasteiger partial charge in [0.15, 0.2) is 0 Å². The Hall–Kier alpha value is -0.930. The first-order valence-electron chi connectivity index (χ1n) is 4.58. The van der Waals surface area contributed by atoms with E-state index in [0.717, 1.165) is 6.42 Å². The van der Waals surface area contributed by atoms with Crippen LogP contribution in [-0.4, -0.2) is 6.36 Å². The van der Waals surface area contributed by atoms with Crippen LogP contribution in [0, 0.1) is 11.8 Å². The number of rotatable bonds is 2. The summed E-state index contributed by atoms with van der Waals surface area (Å²) in [6.07, 6.45) is 1.15. The van der Waals surface area contributed by atoms with Gasteiger partial charge in [-0.2, -0.15) is 0 Å². The van der Waals surface area contributed by atoms with E-state index in [-0.39, 0.29) is 17.6 Å². The van der Waals surface area contributed by atoms with Gasteiger partial charge in [-0.15, -0.1) is 13.2 Å². The largest absolute Gasteiger partial charge is 0.572 e. The van der Waals surface area contributed by atoms with Crippen LogP contribution in [0.2, 0.25) is 0 Å². The summed E-state index contributed by atoms with van der Waals surface area (Å²) in [6, 6.07) is 0. The quantitative estimate of drug-likeness (QED) is 0.670. The molecule has 0 fully saturated rings. The number of halogens is 3. The van der Waals surface area contributed by atoms with Crippen molar-refractivity contribution in [2.75, 3.05) is 0 Å². The monoisotopic (exact) mass is 206 g/mol. The Balaban J connectivity index is 2.70. The number of hydrogen-bond donors (Lipinski definition) is 0. The molecule has 80 valence electrons. The molecule has 2 atom stereocenters. The first-order chi connectivity index (χ1) is 6.44. The summed E-state index contributed by atoms with van der Waals surface area (Å²) in [5.41, 5.74) is 0. The molecule has 0 aliphatic heterocycles. The van der Waals surface area contributed by atoms with Crippen molar-refractivity contribution >= 4 is 0 Å². The highest BCUT2D eigenvalue weighted by Crippen LogP contribution is 2.33. The van der Waals surface area contributed by atoms with Gasteiger partial charge >= 0.3 is 6.36 Å². The zero-order valence-corrected chi connectivity index (χ0v) is 8.14. The molecular weight excluding hydrogens is 193 g/mol. The van der Waals surface area contributed by atoms with Crippen molar-refractivity contribution in [3.05, 3.63) is 24.0 Å². The standard InChI is InChI=1S/C10H13F3O/c1-3-8-5-4-6-9(7(8)2)14-10(11,12)13/h4-8H,3H2,1-2H3. The highest BCUT2D eigenvalue weighted by atomic mass is 19.4. The Morgan fingerprint density at radius 2 is 2.07 bits per heavy atom. The topological polar surface area (TPSA) is 9.23 Å². The van der Waals surface area contributed by atoms with E-state index in [1.165, 1.54) is 6.08 Å². The lowest BCUT2D eigenvalue weighted by Crippen LogP contribution is -2.21. The second-order valence-corrected chi connectivity index (χ2v) is 3.36. The van der Waals surface area contributed by atoms with Gasteiger partial charge in [0.25, 0.3) is 0 Å². The molecule has 0 radical (unpaired) electrons. The van der Waals surface area contributed by atoms with Crippen molar-refractivity contribution in [3.8, 4) is 0 Å². The van der Waals surface area contributed by atoms with Crippen molar-refractivity contribution in [3.63, 3.8) is 0 Å². The van der Waals surface area contributed by atoms with E-state index in [0.29, 0.717) is 0 Å². The lowest BCUT2D eigenvalue weighted by Gasteiger charge is -2.25. The van der Waals surface area contributed by atoms with Gasteiger partial charge < -0.3 is 4.74 Å². The lowest BCUT2D eigenvalue weighted by molar-refractivity contribution is -0.309. The van der Waals surface area contributed by atoms with Crippen LogP contribution in [0.5, 0.6) is 0 Å². The maximum Gasteiger partial charge on any atom is 0.572 e. The first-order valence-corrected chi connectivity index (χ1v) is 4.58. The molecule has 0 aromatic heterocycles. The van der Waals surface area contributed by atoms with Gasteiger partial charge in [0.05, 0.1) is 0 Å². The summed E-state index contributed by atoms with van der Waals surface area (Å²) in [6.45, 7) is 3.69. The molecular formula is C10H13F3O. The van der Waals surface area contributed by atoms with Crippen molar-refractivity contribution in [2.45, 2.75) is 26.6 Å². The van der Waals surface area contributed by atoms with Crippen molar-refractivity contribution < 1.29 is 17.9 Å². The van der Waals surface area contributed by atoms with Crippen molar-refractivity contribution in [2.24, 2.45) is 11.8 Å². The fourth-order valence-electron chi connectivity index (χ4n) is 1.57. The van der Waals surface area contributed by atoms with E-state index in [4.69, 9.17) is 0 Å². The molecule has 0 aromatic carbocycles. The number of alkyl halides is 3. The fraction of sp³-hybridized carbons (Fsp3) is 0.600. The Bertz CT molecular complexity index is 253. The van der Waals surface area contributed by atoms with Crippen molar-refractivity contribution in [1.82, 2.24) is 0 Å². The first kappa shape index (κ1) is 11.1. The molecule has 0 amide bonds. The van der Waals surface area contributed by atoms with Gasteiger partial charge in [-0.25, -0.2) is 0 Å². The highest BCUT2D eigenvalue weighted by molar-refractivity contribution is 5.18. The van der Waals surface area contributed by atoms with E-state index in [9.17, 15) is 13.2 Å². The Morgan fingerprint density at radius 3 is 2.57 bits per heavy atom. The second-order valence-electron chi connectivity index (χ2n) is 3.36. The van der Waals surface area contributed by atoms with Gasteiger partial charge in [0.1, 0.15) is 5.76 Å². The zero-order valence-electron chi connectivity index (χ0n) is 8.14. The minimum absolute atomic E-state index is 0.00634. The van der Waals surface area contributed by atoms with Crippen LogP contribution in [0.15, 0.2) is 24.0 Å². The van der Waals surface area contributed by atoms with Gasteiger partial charge in [0, 0.05) is 5.92 Å². The summed E-state index contributed by atoms with van der Waals surface area (Å²) in [4.78, 5) is 0. The van der Waals surface area contributed by atoms with E-state index >= 15 is 0 Å². The van der Waals surface area contributed by atoms with E-state index in [1.54, 1.807) is 13.0 Å². The Kier molecular flexibility index (Phi) is 3.24. The Labute approximate surface area is 81.2 Å².